The number of hydrogen-bond donors (Lipinski definition) is 1. The van der Waals surface area contributed by atoms with E-state index in [0.717, 1.165) is 67.3 Å². The van der Waals surface area contributed by atoms with Crippen LogP contribution in [0.4, 0.5) is 5.82 Å². The minimum atomic E-state index is 0.00365. The lowest BCUT2D eigenvalue weighted by Crippen LogP contribution is -2.41. The molecule has 1 amide bonds. The van der Waals surface area contributed by atoms with E-state index < -0.39 is 0 Å². The fraction of sp³-hybridized carbons (Fsp3) is 0.432. The summed E-state index contributed by atoms with van der Waals surface area (Å²) in [5.41, 5.74) is 11.4. The van der Waals surface area contributed by atoms with E-state index in [1.165, 1.54) is 29.9 Å². The minimum absolute atomic E-state index is 0.00365. The third kappa shape index (κ3) is 4.81. The first kappa shape index (κ1) is 29.2. The van der Waals surface area contributed by atoms with Gasteiger partial charge in [0.05, 0.1) is 30.7 Å². The summed E-state index contributed by atoms with van der Waals surface area (Å²) in [4.78, 5) is 32.3. The number of amides is 1. The van der Waals surface area contributed by atoms with Gasteiger partial charge in [-0.15, -0.1) is 0 Å². The molecule has 5 aromatic rings. The van der Waals surface area contributed by atoms with Crippen LogP contribution in [0.25, 0.3) is 33.5 Å². The number of likely N-dealkylation sites (tertiary alicyclic amines) is 1. The van der Waals surface area contributed by atoms with E-state index in [4.69, 9.17) is 15.5 Å². The number of ether oxygens (including phenoxy) is 1. The third-order valence-corrected chi connectivity index (χ3v) is 11.2. The number of carbonyl (C=O) groups excluding carboxylic acids is 1. The maximum absolute atomic E-state index is 14.0. The lowest BCUT2D eigenvalue weighted by Gasteiger charge is -2.27. The van der Waals surface area contributed by atoms with Crippen molar-refractivity contribution in [1.82, 2.24) is 29.0 Å². The zero-order chi connectivity index (χ0) is 32.5. The summed E-state index contributed by atoms with van der Waals surface area (Å²) in [5.74, 6) is 3.61. The lowest BCUT2D eigenvalue weighted by molar-refractivity contribution is 0.0700. The summed E-state index contributed by atoms with van der Waals surface area (Å²) in [6.07, 6.45) is 8.74. The second-order valence-electron chi connectivity index (χ2n) is 14.1. The van der Waals surface area contributed by atoms with Crippen molar-refractivity contribution in [1.29, 1.82) is 5.26 Å². The molecule has 9 rings (SSSR count). The molecule has 11 heteroatoms. The molecule has 2 aliphatic carbocycles. The Morgan fingerprint density at radius 2 is 1.85 bits per heavy atom. The van der Waals surface area contributed by atoms with E-state index in [1.54, 1.807) is 13.3 Å². The highest BCUT2D eigenvalue weighted by atomic mass is 16.5. The molecule has 2 saturated heterocycles. The zero-order valence-corrected chi connectivity index (χ0v) is 27.1. The van der Waals surface area contributed by atoms with Gasteiger partial charge in [0.1, 0.15) is 23.2 Å². The number of carbonyl (C=O) groups is 1. The van der Waals surface area contributed by atoms with E-state index in [-0.39, 0.29) is 18.0 Å². The minimum Gasteiger partial charge on any atom is -0.494 e. The van der Waals surface area contributed by atoms with Gasteiger partial charge in [-0.25, -0.2) is 9.97 Å². The number of para-hydroxylation sites is 1. The lowest BCUT2D eigenvalue weighted by atomic mass is 10.1. The van der Waals surface area contributed by atoms with Crippen molar-refractivity contribution in [2.45, 2.75) is 57.3 Å². The number of aromatic nitrogens is 5. The number of imidazole rings is 1. The molecule has 4 aliphatic rings. The van der Waals surface area contributed by atoms with Crippen LogP contribution in [0.15, 0.2) is 54.9 Å². The van der Waals surface area contributed by atoms with Crippen molar-refractivity contribution < 1.29 is 9.53 Å². The zero-order valence-electron chi connectivity index (χ0n) is 27.1. The van der Waals surface area contributed by atoms with Crippen LogP contribution in [0.2, 0.25) is 0 Å². The number of rotatable bonds is 8. The topological polar surface area (TPSA) is 131 Å². The monoisotopic (exact) mass is 641 g/mol. The Morgan fingerprint density at radius 3 is 2.62 bits per heavy atom. The molecule has 2 saturated carbocycles. The van der Waals surface area contributed by atoms with Gasteiger partial charge in [-0.2, -0.15) is 5.26 Å². The summed E-state index contributed by atoms with van der Waals surface area (Å²) >= 11 is 0. The first-order valence-electron chi connectivity index (χ1n) is 17.2. The Morgan fingerprint density at radius 1 is 1.00 bits per heavy atom. The van der Waals surface area contributed by atoms with Crippen LogP contribution >= 0.6 is 0 Å². The van der Waals surface area contributed by atoms with Gasteiger partial charge in [0, 0.05) is 61.3 Å². The SMILES string of the molecule is COc1cc(C(=O)N2C[C@H]3CC[C@@H]2[C@@H]3N)cc2nc(-c3cc4ccccc4n3CC3CC3)n(C[C@H]3CCN(c4cncc(C#N)n4)C3)c12. The number of methoxy groups -OCH3 is 1. The van der Waals surface area contributed by atoms with E-state index in [2.05, 4.69) is 60.4 Å². The van der Waals surface area contributed by atoms with Crippen molar-refractivity contribution in [3.63, 3.8) is 0 Å². The summed E-state index contributed by atoms with van der Waals surface area (Å²) in [5, 5.41) is 10.6. The highest BCUT2D eigenvalue weighted by Gasteiger charge is 2.47. The number of benzene rings is 2. The highest BCUT2D eigenvalue weighted by molar-refractivity contribution is 6.00. The van der Waals surface area contributed by atoms with Gasteiger partial charge in [-0.3, -0.25) is 9.78 Å². The van der Waals surface area contributed by atoms with Crippen molar-refractivity contribution in [2.24, 2.45) is 23.5 Å². The van der Waals surface area contributed by atoms with Gasteiger partial charge in [-0.1, -0.05) is 18.2 Å². The largest absolute Gasteiger partial charge is 0.494 e. The normalized spacial score (nSPS) is 23.4. The van der Waals surface area contributed by atoms with Gasteiger partial charge in [0.25, 0.3) is 5.91 Å². The second-order valence-corrected chi connectivity index (χ2v) is 14.1. The molecule has 4 fully saturated rings. The highest BCUT2D eigenvalue weighted by Crippen LogP contribution is 2.41. The molecule has 244 valence electrons. The predicted octanol–water partition coefficient (Wildman–Crippen LogP) is 4.83. The molecule has 2 aliphatic heterocycles. The molecule has 0 radical (unpaired) electrons. The average Bonchev–Trinajstić information content (AvgIpc) is 3.43. The van der Waals surface area contributed by atoms with Crippen LogP contribution < -0.4 is 15.4 Å². The van der Waals surface area contributed by atoms with E-state index in [9.17, 15) is 10.1 Å². The van der Waals surface area contributed by atoms with Crippen LogP contribution in [0.5, 0.6) is 5.75 Å². The van der Waals surface area contributed by atoms with Crippen LogP contribution in [0.3, 0.4) is 0 Å². The molecular formula is C37H39N9O2. The van der Waals surface area contributed by atoms with Crippen molar-refractivity contribution in [3.8, 4) is 23.3 Å². The average molecular weight is 642 g/mol. The summed E-state index contributed by atoms with van der Waals surface area (Å²) < 4.78 is 10.8. The van der Waals surface area contributed by atoms with Crippen LogP contribution in [0, 0.1) is 29.1 Å². The molecule has 3 aromatic heterocycles. The van der Waals surface area contributed by atoms with Gasteiger partial charge >= 0.3 is 0 Å². The summed E-state index contributed by atoms with van der Waals surface area (Å²) in [6, 6.07) is 16.9. The second kappa shape index (κ2) is 11.3. The molecule has 4 atom stereocenters. The predicted molar refractivity (Wildman–Crippen MR) is 183 cm³/mol. The fourth-order valence-corrected chi connectivity index (χ4v) is 8.49. The van der Waals surface area contributed by atoms with Gasteiger partial charge in [-0.05, 0) is 74.1 Å². The number of fused-ring (bicyclic) bond motifs is 4. The van der Waals surface area contributed by atoms with E-state index in [1.807, 2.05) is 17.0 Å². The van der Waals surface area contributed by atoms with Gasteiger partial charge in [0.15, 0.2) is 11.5 Å². The molecule has 5 heterocycles. The Labute approximate surface area is 278 Å². The van der Waals surface area contributed by atoms with Crippen molar-refractivity contribution >= 4 is 33.7 Å². The first-order valence-corrected chi connectivity index (χ1v) is 17.2. The molecule has 48 heavy (non-hydrogen) atoms. The van der Waals surface area contributed by atoms with Crippen molar-refractivity contribution in [2.75, 3.05) is 31.6 Å². The van der Waals surface area contributed by atoms with Crippen LogP contribution in [-0.4, -0.2) is 73.7 Å². The smallest absolute Gasteiger partial charge is 0.254 e. The Bertz CT molecular complexity index is 2110. The summed E-state index contributed by atoms with van der Waals surface area (Å²) in [7, 11) is 1.68. The molecular weight excluding hydrogens is 602 g/mol. The molecule has 2 bridgehead atoms. The van der Waals surface area contributed by atoms with Crippen LogP contribution in [0.1, 0.15) is 48.2 Å². The molecule has 0 unspecified atom stereocenters. The van der Waals surface area contributed by atoms with Gasteiger partial charge in [0.2, 0.25) is 0 Å². The maximum Gasteiger partial charge on any atom is 0.254 e. The molecule has 11 nitrogen and oxygen atoms in total. The standard InChI is InChI=1S/C37H39N9O2/c1-48-32-14-26(37(47)45-21-25-8-9-30(45)34(25)39)12-28-35(32)46(20-23-10-11-43(18-23)33-17-40-16-27(15-38)41-33)36(42-28)31-13-24-4-2-3-5-29(24)44(31)19-22-6-7-22/h2-5,12-14,16-17,22-23,25,30,34H,6-11,18-21,39H2,1H3/t23-,25+,30+,34+/m0/s1. The number of nitrogens with zero attached hydrogens (tertiary/aromatic N) is 8. The summed E-state index contributed by atoms with van der Waals surface area (Å²) in [6.45, 7) is 3.99. The Balaban J connectivity index is 1.15. The Kier molecular flexibility index (Phi) is 6.90. The number of piperidine rings is 1. The maximum atomic E-state index is 14.0. The fourth-order valence-electron chi connectivity index (χ4n) is 8.49. The van der Waals surface area contributed by atoms with Gasteiger partial charge < -0.3 is 29.4 Å². The third-order valence-electron chi connectivity index (χ3n) is 11.2. The van der Waals surface area contributed by atoms with Crippen molar-refractivity contribution in [3.05, 3.63) is 66.1 Å². The number of anilines is 1. The number of nitrogens with two attached hydrogens (primary N) is 1. The van der Waals surface area contributed by atoms with E-state index in [0.29, 0.717) is 47.9 Å². The Hall–Kier alpha value is -4.95. The molecule has 2 aromatic carbocycles. The quantitative estimate of drug-likeness (QED) is 0.255. The molecule has 0 spiro atoms. The number of hydrogen-bond acceptors (Lipinski definition) is 8. The van der Waals surface area contributed by atoms with Crippen LogP contribution in [-0.2, 0) is 13.1 Å². The van der Waals surface area contributed by atoms with E-state index >= 15 is 0 Å². The first-order chi connectivity index (χ1) is 23.5. The number of nitriles is 1. The molecule has 2 N–H and O–H groups in total.